The van der Waals surface area contributed by atoms with Crippen molar-refractivity contribution in [2.45, 2.75) is 65.9 Å². The van der Waals surface area contributed by atoms with E-state index >= 15 is 0 Å². The SMILES string of the molecule is CC1(C)C(=O)CC[C@@]2(C)[C@@H]3C[C@@H](O)[C@](C)(C(=O)CO)C=C3CC[C@H]12. The lowest BCUT2D eigenvalue weighted by atomic mass is 9.45. The zero-order chi connectivity index (χ0) is 17.9. The van der Waals surface area contributed by atoms with Gasteiger partial charge in [-0.1, -0.05) is 32.4 Å². The fraction of sp³-hybridized carbons (Fsp3) is 0.800. The Bertz CT molecular complexity index is 605. The quantitative estimate of drug-likeness (QED) is 0.761. The van der Waals surface area contributed by atoms with Gasteiger partial charge in [0.2, 0.25) is 0 Å². The fourth-order valence-corrected chi connectivity index (χ4v) is 5.89. The highest BCUT2D eigenvalue weighted by Crippen LogP contribution is 2.62. The standard InChI is InChI=1S/C20H30O4/c1-18(2)14-6-5-12-10-20(4,17(24)11-21)16(23)9-13(12)19(14,3)8-7-15(18)22/h10,13-14,16,21,23H,5-9,11H2,1-4H3/t13-,14-,16-,19+,20-/m1/s1. The van der Waals surface area contributed by atoms with Crippen molar-refractivity contribution in [3.8, 4) is 0 Å². The Labute approximate surface area is 144 Å². The summed E-state index contributed by atoms with van der Waals surface area (Å²) in [6, 6.07) is 0. The minimum atomic E-state index is -0.982. The van der Waals surface area contributed by atoms with E-state index in [-0.39, 0.29) is 22.5 Å². The van der Waals surface area contributed by atoms with E-state index in [0.29, 0.717) is 24.5 Å². The summed E-state index contributed by atoms with van der Waals surface area (Å²) in [7, 11) is 0. The molecule has 0 aromatic rings. The number of allylic oxidation sites excluding steroid dienone is 1. The summed E-state index contributed by atoms with van der Waals surface area (Å²) in [6.45, 7) is 7.62. The summed E-state index contributed by atoms with van der Waals surface area (Å²) in [5.41, 5.74) is -0.0606. The fourth-order valence-electron chi connectivity index (χ4n) is 5.89. The topological polar surface area (TPSA) is 74.6 Å². The molecule has 3 aliphatic carbocycles. The van der Waals surface area contributed by atoms with Crippen LogP contribution in [-0.2, 0) is 9.59 Å². The first-order chi connectivity index (χ1) is 11.1. The number of Topliss-reactive ketones (excluding diaryl/α,β-unsaturated/α-hetero) is 2. The number of aliphatic hydroxyl groups excluding tert-OH is 2. The van der Waals surface area contributed by atoms with Gasteiger partial charge in [-0.05, 0) is 49.9 Å². The van der Waals surface area contributed by atoms with Gasteiger partial charge in [0.25, 0.3) is 0 Å². The van der Waals surface area contributed by atoms with Crippen LogP contribution in [0, 0.1) is 28.1 Å². The smallest absolute Gasteiger partial charge is 0.170 e. The average Bonchev–Trinajstić information content (AvgIpc) is 2.52. The molecular weight excluding hydrogens is 304 g/mol. The highest BCUT2D eigenvalue weighted by atomic mass is 16.3. The van der Waals surface area contributed by atoms with Crippen LogP contribution in [0.15, 0.2) is 11.6 Å². The van der Waals surface area contributed by atoms with E-state index in [1.807, 2.05) is 6.08 Å². The molecule has 4 nitrogen and oxygen atoms in total. The van der Waals surface area contributed by atoms with Gasteiger partial charge in [0, 0.05) is 11.8 Å². The Balaban J connectivity index is 2.01. The summed E-state index contributed by atoms with van der Waals surface area (Å²) in [5.74, 6) is 0.582. The maximum Gasteiger partial charge on any atom is 0.170 e. The van der Waals surface area contributed by atoms with E-state index in [9.17, 15) is 19.8 Å². The molecule has 0 aromatic heterocycles. The molecule has 3 aliphatic rings. The molecule has 134 valence electrons. The van der Waals surface area contributed by atoms with Crippen LogP contribution in [-0.4, -0.2) is 34.5 Å². The van der Waals surface area contributed by atoms with Crippen molar-refractivity contribution in [1.82, 2.24) is 0 Å². The van der Waals surface area contributed by atoms with Crippen molar-refractivity contribution < 1.29 is 19.8 Å². The second-order valence-corrected chi connectivity index (χ2v) is 9.13. The summed E-state index contributed by atoms with van der Waals surface area (Å²) in [4.78, 5) is 24.6. The number of hydrogen-bond donors (Lipinski definition) is 2. The van der Waals surface area contributed by atoms with E-state index in [1.165, 1.54) is 5.57 Å². The van der Waals surface area contributed by atoms with Crippen molar-refractivity contribution in [2.75, 3.05) is 6.61 Å². The first kappa shape index (κ1) is 17.8. The van der Waals surface area contributed by atoms with Crippen LogP contribution in [0.1, 0.15) is 59.8 Å². The summed E-state index contributed by atoms with van der Waals surface area (Å²) in [5, 5.41) is 20.0. The lowest BCUT2D eigenvalue weighted by Crippen LogP contribution is -2.56. The number of ketones is 2. The molecule has 3 rings (SSSR count). The van der Waals surface area contributed by atoms with Crippen molar-refractivity contribution in [3.05, 3.63) is 11.6 Å². The molecule has 0 amide bonds. The molecule has 5 atom stereocenters. The van der Waals surface area contributed by atoms with Crippen LogP contribution in [0.4, 0.5) is 0 Å². The third-order valence-corrected chi connectivity index (χ3v) is 7.62. The van der Waals surface area contributed by atoms with Crippen LogP contribution in [0.5, 0.6) is 0 Å². The minimum absolute atomic E-state index is 0.00787. The highest BCUT2D eigenvalue weighted by Gasteiger charge is 2.58. The molecule has 0 unspecified atom stereocenters. The van der Waals surface area contributed by atoms with Gasteiger partial charge in [-0.2, -0.15) is 0 Å². The predicted octanol–water partition coefficient (Wildman–Crippen LogP) is 2.67. The van der Waals surface area contributed by atoms with Crippen molar-refractivity contribution >= 4 is 11.6 Å². The molecule has 0 spiro atoms. The highest BCUT2D eigenvalue weighted by molar-refractivity contribution is 5.88. The Kier molecular flexibility index (Phi) is 4.08. The van der Waals surface area contributed by atoms with Crippen LogP contribution in [0.25, 0.3) is 0 Å². The number of rotatable bonds is 2. The van der Waals surface area contributed by atoms with E-state index in [4.69, 9.17) is 0 Å². The average molecular weight is 334 g/mol. The molecule has 0 aliphatic heterocycles. The van der Waals surface area contributed by atoms with Gasteiger partial charge in [0.1, 0.15) is 12.4 Å². The number of carbonyl (C=O) groups is 2. The molecule has 4 heteroatoms. The number of carbonyl (C=O) groups excluding carboxylic acids is 2. The maximum absolute atomic E-state index is 12.4. The van der Waals surface area contributed by atoms with Crippen molar-refractivity contribution in [2.24, 2.45) is 28.1 Å². The number of aliphatic hydroxyl groups is 2. The second kappa shape index (κ2) is 5.50. The van der Waals surface area contributed by atoms with Gasteiger partial charge in [-0.25, -0.2) is 0 Å². The first-order valence-corrected chi connectivity index (χ1v) is 9.14. The monoisotopic (exact) mass is 334 g/mol. The normalized spacial score (nSPS) is 44.3. The Morgan fingerprint density at radius 2 is 1.92 bits per heavy atom. The first-order valence-electron chi connectivity index (χ1n) is 9.14. The lowest BCUT2D eigenvalue weighted by Gasteiger charge is -2.59. The van der Waals surface area contributed by atoms with E-state index in [1.54, 1.807) is 6.92 Å². The molecule has 24 heavy (non-hydrogen) atoms. The predicted molar refractivity (Wildman–Crippen MR) is 91.2 cm³/mol. The van der Waals surface area contributed by atoms with Crippen LogP contribution in [0.2, 0.25) is 0 Å². The Hall–Kier alpha value is -1.00. The summed E-state index contributed by atoms with van der Waals surface area (Å²) in [6.07, 6.45) is 5.01. The minimum Gasteiger partial charge on any atom is -0.392 e. The zero-order valence-electron chi connectivity index (χ0n) is 15.3. The van der Waals surface area contributed by atoms with Gasteiger partial charge in [0.15, 0.2) is 5.78 Å². The summed E-state index contributed by atoms with van der Waals surface area (Å²) >= 11 is 0. The van der Waals surface area contributed by atoms with Crippen molar-refractivity contribution in [3.63, 3.8) is 0 Å². The molecular formula is C20H30O4. The van der Waals surface area contributed by atoms with Crippen LogP contribution < -0.4 is 0 Å². The third kappa shape index (κ3) is 2.26. The van der Waals surface area contributed by atoms with Crippen LogP contribution in [0.3, 0.4) is 0 Å². The molecule has 2 fully saturated rings. The Morgan fingerprint density at radius 1 is 1.25 bits per heavy atom. The molecule has 2 saturated carbocycles. The van der Waals surface area contributed by atoms with Crippen molar-refractivity contribution in [1.29, 1.82) is 0 Å². The van der Waals surface area contributed by atoms with E-state index < -0.39 is 18.1 Å². The van der Waals surface area contributed by atoms with E-state index in [2.05, 4.69) is 20.8 Å². The third-order valence-electron chi connectivity index (χ3n) is 7.62. The molecule has 2 N–H and O–H groups in total. The molecule has 0 radical (unpaired) electrons. The Morgan fingerprint density at radius 3 is 2.54 bits per heavy atom. The van der Waals surface area contributed by atoms with Gasteiger partial charge < -0.3 is 10.2 Å². The molecule has 0 bridgehead atoms. The van der Waals surface area contributed by atoms with Crippen LogP contribution >= 0.6 is 0 Å². The molecule has 0 heterocycles. The van der Waals surface area contributed by atoms with Gasteiger partial charge >= 0.3 is 0 Å². The molecule has 0 aromatic carbocycles. The summed E-state index contributed by atoms with van der Waals surface area (Å²) < 4.78 is 0. The number of hydrogen-bond acceptors (Lipinski definition) is 4. The van der Waals surface area contributed by atoms with E-state index in [0.717, 1.165) is 19.3 Å². The lowest BCUT2D eigenvalue weighted by molar-refractivity contribution is -0.148. The van der Waals surface area contributed by atoms with Gasteiger partial charge in [-0.3, -0.25) is 9.59 Å². The van der Waals surface area contributed by atoms with Gasteiger partial charge in [0.05, 0.1) is 11.5 Å². The maximum atomic E-state index is 12.4. The largest absolute Gasteiger partial charge is 0.392 e. The molecule has 0 saturated heterocycles. The second-order valence-electron chi connectivity index (χ2n) is 9.13. The zero-order valence-corrected chi connectivity index (χ0v) is 15.3. The van der Waals surface area contributed by atoms with Gasteiger partial charge in [-0.15, -0.1) is 0 Å². The number of fused-ring (bicyclic) bond motifs is 3.